The van der Waals surface area contributed by atoms with E-state index in [9.17, 15) is 0 Å². The third-order valence-electron chi connectivity index (χ3n) is 5.11. The van der Waals surface area contributed by atoms with E-state index in [2.05, 4.69) is 45.6 Å². The van der Waals surface area contributed by atoms with Crippen LogP contribution in [0.4, 0.5) is 0 Å². The average molecular weight is 415 g/mol. The number of aryl methyl sites for hydroxylation is 1. The van der Waals surface area contributed by atoms with Crippen molar-refractivity contribution in [3.8, 4) is 5.75 Å². The van der Waals surface area contributed by atoms with Gasteiger partial charge in [-0.25, -0.2) is 9.67 Å². The number of methoxy groups -OCH3 is 1. The summed E-state index contributed by atoms with van der Waals surface area (Å²) in [5, 5.41) is 11.5. The Morgan fingerprint density at radius 3 is 2.93 bits per heavy atom. The van der Waals surface area contributed by atoms with Crippen molar-refractivity contribution in [2.75, 3.05) is 20.8 Å². The van der Waals surface area contributed by atoms with Crippen LogP contribution in [0.5, 0.6) is 5.75 Å². The summed E-state index contributed by atoms with van der Waals surface area (Å²) in [6, 6.07) is 8.41. The first-order chi connectivity index (χ1) is 14.6. The molecule has 0 saturated carbocycles. The van der Waals surface area contributed by atoms with Crippen LogP contribution < -0.4 is 15.4 Å². The molecule has 0 fully saturated rings. The number of hydrogen-bond donors (Lipinski definition) is 2. The molecule has 0 radical (unpaired) electrons. The molecule has 8 nitrogen and oxygen atoms in total. The third kappa shape index (κ3) is 6.19. The Kier molecular flexibility index (Phi) is 8.07. The molecule has 0 spiro atoms. The van der Waals surface area contributed by atoms with Crippen molar-refractivity contribution in [2.45, 2.75) is 58.8 Å². The summed E-state index contributed by atoms with van der Waals surface area (Å²) in [7, 11) is 3.45. The second kappa shape index (κ2) is 11.0. The topological polar surface area (TPSA) is 85.6 Å². The molecule has 164 valence electrons. The van der Waals surface area contributed by atoms with Gasteiger partial charge in [0.15, 0.2) is 11.8 Å². The predicted octanol–water partition coefficient (Wildman–Crippen LogP) is 2.53. The lowest BCUT2D eigenvalue weighted by atomic mass is 10.1. The fourth-order valence-corrected chi connectivity index (χ4v) is 3.43. The van der Waals surface area contributed by atoms with E-state index in [0.29, 0.717) is 19.1 Å². The fraction of sp³-hybridized carbons (Fsp3) is 0.591. The van der Waals surface area contributed by atoms with Crippen LogP contribution in [0.2, 0.25) is 0 Å². The van der Waals surface area contributed by atoms with Gasteiger partial charge >= 0.3 is 0 Å². The Morgan fingerprint density at radius 1 is 1.33 bits per heavy atom. The van der Waals surface area contributed by atoms with E-state index in [4.69, 9.17) is 9.47 Å². The van der Waals surface area contributed by atoms with Crippen LogP contribution in [-0.4, -0.2) is 47.5 Å². The Hall–Kier alpha value is -2.61. The molecule has 30 heavy (non-hydrogen) atoms. The number of ether oxygens (including phenoxy) is 2. The number of guanidine groups is 1. The minimum absolute atomic E-state index is 0.248. The summed E-state index contributed by atoms with van der Waals surface area (Å²) < 4.78 is 13.1. The smallest absolute Gasteiger partial charge is 0.191 e. The Labute approximate surface area is 179 Å². The van der Waals surface area contributed by atoms with Gasteiger partial charge in [-0.1, -0.05) is 32.0 Å². The van der Waals surface area contributed by atoms with Gasteiger partial charge in [-0.3, -0.25) is 4.99 Å². The van der Waals surface area contributed by atoms with Crippen molar-refractivity contribution in [1.82, 2.24) is 25.4 Å². The number of aromatic nitrogens is 3. The maximum Gasteiger partial charge on any atom is 0.191 e. The molecule has 1 aromatic heterocycles. The molecule has 1 aromatic carbocycles. The van der Waals surface area contributed by atoms with Crippen molar-refractivity contribution in [2.24, 2.45) is 10.9 Å². The number of fused-ring (bicyclic) bond motifs is 1. The summed E-state index contributed by atoms with van der Waals surface area (Å²) in [5.74, 6) is 4.10. The zero-order valence-corrected chi connectivity index (χ0v) is 18.5. The number of para-hydroxylation sites is 1. The molecule has 1 aliphatic heterocycles. The van der Waals surface area contributed by atoms with Gasteiger partial charge in [0.25, 0.3) is 0 Å². The van der Waals surface area contributed by atoms with Crippen LogP contribution in [0.3, 0.4) is 0 Å². The largest absolute Gasteiger partial charge is 0.493 e. The van der Waals surface area contributed by atoms with Gasteiger partial charge < -0.3 is 20.1 Å². The van der Waals surface area contributed by atoms with Crippen molar-refractivity contribution in [3.05, 3.63) is 41.5 Å². The second-order valence-electron chi connectivity index (χ2n) is 8.00. The van der Waals surface area contributed by atoms with Crippen LogP contribution >= 0.6 is 0 Å². The van der Waals surface area contributed by atoms with E-state index in [0.717, 1.165) is 61.3 Å². The summed E-state index contributed by atoms with van der Waals surface area (Å²) >= 11 is 0. The predicted molar refractivity (Wildman–Crippen MR) is 118 cm³/mol. The highest BCUT2D eigenvalue weighted by molar-refractivity contribution is 5.80. The number of hydrogen-bond acceptors (Lipinski definition) is 5. The Morgan fingerprint density at radius 2 is 2.17 bits per heavy atom. The molecule has 1 unspecified atom stereocenters. The molecule has 0 aliphatic carbocycles. The number of nitrogens with zero attached hydrogens (tertiary/aromatic N) is 4. The first kappa shape index (κ1) is 22.1. The molecule has 2 N–H and O–H groups in total. The van der Waals surface area contributed by atoms with Crippen LogP contribution in [0.1, 0.15) is 43.9 Å². The molecule has 0 amide bonds. The zero-order chi connectivity index (χ0) is 21.3. The summed E-state index contributed by atoms with van der Waals surface area (Å²) in [5.41, 5.74) is 1.12. The highest BCUT2D eigenvalue weighted by Crippen LogP contribution is 2.19. The summed E-state index contributed by atoms with van der Waals surface area (Å²) in [6.45, 7) is 7.00. The van der Waals surface area contributed by atoms with Gasteiger partial charge in [0, 0.05) is 38.7 Å². The molecule has 0 saturated heterocycles. The number of benzene rings is 1. The maximum atomic E-state index is 6.00. The normalized spacial score (nSPS) is 16.4. The van der Waals surface area contributed by atoms with Gasteiger partial charge in [-0.15, -0.1) is 0 Å². The SMILES string of the molecule is CN=C(NCc1ccccc1OCCC(C)C)NC1CCc2nc(COC)nn2C1. The van der Waals surface area contributed by atoms with Gasteiger partial charge in [-0.05, 0) is 24.8 Å². The van der Waals surface area contributed by atoms with Gasteiger partial charge in [0.2, 0.25) is 0 Å². The highest BCUT2D eigenvalue weighted by Gasteiger charge is 2.22. The quantitative estimate of drug-likeness (QED) is 0.484. The molecular weight excluding hydrogens is 380 g/mol. The number of aliphatic imine (C=N–C) groups is 1. The standard InChI is InChI=1S/C22H34N6O2/c1-16(2)11-12-30-19-8-6-5-7-17(19)13-24-22(23-3)25-18-9-10-21-26-20(15-29-4)27-28(21)14-18/h5-8,16,18H,9-15H2,1-4H3,(H2,23,24,25). The van der Waals surface area contributed by atoms with Gasteiger partial charge in [-0.2, -0.15) is 5.10 Å². The van der Waals surface area contributed by atoms with Crippen molar-refractivity contribution < 1.29 is 9.47 Å². The first-order valence-electron chi connectivity index (χ1n) is 10.7. The monoisotopic (exact) mass is 414 g/mol. The maximum absolute atomic E-state index is 6.00. The van der Waals surface area contributed by atoms with Crippen molar-refractivity contribution in [3.63, 3.8) is 0 Å². The minimum Gasteiger partial charge on any atom is -0.493 e. The van der Waals surface area contributed by atoms with Crippen LogP contribution in [0.25, 0.3) is 0 Å². The molecule has 8 heteroatoms. The van der Waals surface area contributed by atoms with E-state index in [1.807, 2.05) is 22.9 Å². The second-order valence-corrected chi connectivity index (χ2v) is 8.00. The van der Waals surface area contributed by atoms with Crippen LogP contribution in [-0.2, 0) is 30.9 Å². The molecule has 1 aliphatic rings. The van der Waals surface area contributed by atoms with Crippen LogP contribution in [0.15, 0.2) is 29.3 Å². The molecular formula is C22H34N6O2. The van der Waals surface area contributed by atoms with Crippen molar-refractivity contribution in [1.29, 1.82) is 0 Å². The zero-order valence-electron chi connectivity index (χ0n) is 18.5. The lowest BCUT2D eigenvalue weighted by Gasteiger charge is -2.25. The number of rotatable bonds is 9. The van der Waals surface area contributed by atoms with Gasteiger partial charge in [0.05, 0.1) is 13.2 Å². The molecule has 2 heterocycles. The Balaban J connectivity index is 1.53. The third-order valence-corrected chi connectivity index (χ3v) is 5.11. The lowest BCUT2D eigenvalue weighted by molar-refractivity contribution is 0.177. The number of nitrogens with one attached hydrogen (secondary N) is 2. The Bertz CT molecular complexity index is 833. The van der Waals surface area contributed by atoms with E-state index in [-0.39, 0.29) is 6.04 Å². The van der Waals surface area contributed by atoms with Crippen LogP contribution in [0, 0.1) is 5.92 Å². The average Bonchev–Trinajstić information content (AvgIpc) is 3.13. The van der Waals surface area contributed by atoms with E-state index < -0.39 is 0 Å². The first-order valence-corrected chi connectivity index (χ1v) is 10.7. The van der Waals surface area contributed by atoms with E-state index in [1.165, 1.54) is 0 Å². The minimum atomic E-state index is 0.248. The summed E-state index contributed by atoms with van der Waals surface area (Å²) in [4.78, 5) is 8.93. The molecule has 2 aromatic rings. The summed E-state index contributed by atoms with van der Waals surface area (Å²) in [6.07, 6.45) is 2.92. The molecule has 1 atom stereocenters. The molecule has 3 rings (SSSR count). The van der Waals surface area contributed by atoms with Crippen molar-refractivity contribution >= 4 is 5.96 Å². The van der Waals surface area contributed by atoms with E-state index >= 15 is 0 Å². The fourth-order valence-electron chi connectivity index (χ4n) is 3.43. The highest BCUT2D eigenvalue weighted by atomic mass is 16.5. The lowest BCUT2D eigenvalue weighted by Crippen LogP contribution is -2.46. The van der Waals surface area contributed by atoms with Gasteiger partial charge in [0.1, 0.15) is 18.2 Å². The molecule has 0 bridgehead atoms. The van der Waals surface area contributed by atoms with E-state index in [1.54, 1.807) is 14.2 Å².